The number of hydrogen-bond acceptors (Lipinski definition) is 8. The highest BCUT2D eigenvalue weighted by Crippen LogP contribution is 2.47. The van der Waals surface area contributed by atoms with Gasteiger partial charge in [-0.2, -0.15) is 0 Å². The molecule has 4 heterocycles. The Kier molecular flexibility index (Phi) is 14.2. The Balaban J connectivity index is 0.745. The number of fused-ring (bicyclic) bond motifs is 11. The maximum atomic E-state index is 5.70. The van der Waals surface area contributed by atoms with Gasteiger partial charge >= 0.3 is 0 Å². The summed E-state index contributed by atoms with van der Waals surface area (Å²) >= 11 is 3.56. The number of aromatic nitrogens is 6. The number of nitrogens with zero attached hydrogens (tertiary/aromatic N) is 6. The number of hydrogen-bond donors (Lipinski definition) is 0. The Labute approximate surface area is 595 Å². The van der Waals surface area contributed by atoms with Crippen molar-refractivity contribution >= 4 is 106 Å². The smallest absolute Gasteiger partial charge is 0.165 e. The largest absolute Gasteiger partial charge is 0.208 e. The van der Waals surface area contributed by atoms with Crippen LogP contribution in [-0.4, -0.2) is 29.9 Å². The first kappa shape index (κ1) is 59.1. The van der Waals surface area contributed by atoms with Crippen LogP contribution in [0.4, 0.5) is 0 Å². The zero-order valence-electron chi connectivity index (χ0n) is 54.8. The first-order chi connectivity index (χ1) is 50.5. The summed E-state index contributed by atoms with van der Waals surface area (Å²) in [6.07, 6.45) is 0. The summed E-state index contributed by atoms with van der Waals surface area (Å²) < 4.78 is 4.64. The lowest BCUT2D eigenvalue weighted by Gasteiger charge is -2.18. The van der Waals surface area contributed by atoms with Crippen LogP contribution in [0.3, 0.4) is 0 Å². The molecule has 0 fully saturated rings. The van der Waals surface area contributed by atoms with E-state index in [1.165, 1.54) is 47.3 Å². The summed E-state index contributed by atoms with van der Waals surface area (Å²) in [6, 6.07) is 122. The predicted octanol–water partition coefficient (Wildman–Crippen LogP) is 25.7. The lowest BCUT2D eigenvalue weighted by Crippen LogP contribution is -2.02. The van der Waals surface area contributed by atoms with E-state index in [-0.39, 0.29) is 0 Å². The van der Waals surface area contributed by atoms with Gasteiger partial charge in [-0.05, 0) is 153 Å². The molecule has 0 spiro atoms. The van der Waals surface area contributed by atoms with E-state index in [0.29, 0.717) is 34.9 Å². The SMILES string of the molecule is c1ccc(-c2cccc(-c3nc(-c4ccc(-c5cccc6ccccc56)cc4)nc(-c4cccc5c4sc4ccc(-c6ccc7c(-c8nc(-c9cccc(-c%10ccccc%10)c9)nc(-c9cccc%10c9sc9ccccc9%10)n8)c(-c8cc9ccccc9c9ccccc89)ccc7c6)cc45)n3)c2)cc1. The van der Waals surface area contributed by atoms with Crippen molar-refractivity contribution in [3.63, 3.8) is 0 Å². The van der Waals surface area contributed by atoms with Crippen molar-refractivity contribution in [2.45, 2.75) is 0 Å². The Morgan fingerprint density at radius 3 is 1.29 bits per heavy atom. The summed E-state index contributed by atoms with van der Waals surface area (Å²) in [5.41, 5.74) is 16.7. The van der Waals surface area contributed by atoms with Gasteiger partial charge in [0.25, 0.3) is 0 Å². The standard InChI is InChI=1S/C94H56N6S2/c1-3-20-57(21-4-1)62-27-15-29-68(53-62)90-95-89(61-44-42-60(43-45-61)71-36-17-26-59-24-7-9-31-70(59)71)96-92(97-90)81-40-19-38-79-83-55-65(48-51-85(83)102-88(79)81)64-46-49-73-67(52-64)47-50-77(82-56-66-25-8-10-32-72(66)74-33-11-12-34-75(74)82)86(73)94-99-91(69-30-16-28-63(54-69)58-22-5-2-6-23-58)98-93(100-94)80-39-18-37-78-76-35-13-14-41-84(76)101-87(78)80/h1-56H. The van der Waals surface area contributed by atoms with Crippen molar-refractivity contribution in [1.29, 1.82) is 0 Å². The average molecular weight is 1330 g/mol. The third-order valence-electron chi connectivity index (χ3n) is 20.0. The van der Waals surface area contributed by atoms with Gasteiger partial charge < -0.3 is 0 Å². The monoisotopic (exact) mass is 1330 g/mol. The molecule has 474 valence electrons. The molecule has 0 aliphatic rings. The van der Waals surface area contributed by atoms with Gasteiger partial charge in [-0.3, -0.25) is 0 Å². The molecule has 0 radical (unpaired) electrons. The number of rotatable bonds is 11. The molecular weight excluding hydrogens is 1280 g/mol. The van der Waals surface area contributed by atoms with Gasteiger partial charge in [0.05, 0.1) is 0 Å². The molecule has 0 saturated heterocycles. The van der Waals surface area contributed by atoms with Crippen LogP contribution in [0.15, 0.2) is 340 Å². The minimum absolute atomic E-state index is 0.596. The average Bonchev–Trinajstić information content (AvgIpc) is 0.891. The molecule has 0 aliphatic heterocycles. The molecule has 4 aromatic heterocycles. The molecule has 20 rings (SSSR count). The molecule has 0 bridgehead atoms. The molecule has 0 saturated carbocycles. The molecule has 102 heavy (non-hydrogen) atoms. The maximum Gasteiger partial charge on any atom is 0.165 e. The lowest BCUT2D eigenvalue weighted by molar-refractivity contribution is 1.08. The van der Waals surface area contributed by atoms with Gasteiger partial charge in [-0.1, -0.05) is 285 Å². The van der Waals surface area contributed by atoms with E-state index in [9.17, 15) is 0 Å². The summed E-state index contributed by atoms with van der Waals surface area (Å²) in [7, 11) is 0. The minimum atomic E-state index is 0.596. The van der Waals surface area contributed by atoms with Crippen molar-refractivity contribution in [1.82, 2.24) is 29.9 Å². The molecule has 0 aliphatic carbocycles. The van der Waals surface area contributed by atoms with Crippen LogP contribution >= 0.6 is 22.7 Å². The van der Waals surface area contributed by atoms with Crippen molar-refractivity contribution < 1.29 is 0 Å². The van der Waals surface area contributed by atoms with Gasteiger partial charge in [0, 0.05) is 73.7 Å². The molecule has 16 aromatic carbocycles. The fraction of sp³-hybridized carbons (Fsp3) is 0. The molecule has 0 unspecified atom stereocenters. The Morgan fingerprint density at radius 1 is 0.167 bits per heavy atom. The molecule has 0 N–H and O–H groups in total. The van der Waals surface area contributed by atoms with Crippen LogP contribution in [0.2, 0.25) is 0 Å². The zero-order chi connectivity index (χ0) is 67.2. The van der Waals surface area contributed by atoms with E-state index >= 15 is 0 Å². The highest BCUT2D eigenvalue weighted by Gasteiger charge is 2.24. The van der Waals surface area contributed by atoms with E-state index in [0.717, 1.165) is 125 Å². The van der Waals surface area contributed by atoms with E-state index < -0.39 is 0 Å². The summed E-state index contributed by atoms with van der Waals surface area (Å²) in [4.78, 5) is 32.9. The van der Waals surface area contributed by atoms with Gasteiger partial charge in [0.15, 0.2) is 34.9 Å². The highest BCUT2D eigenvalue weighted by atomic mass is 32.1. The molecule has 20 aromatic rings. The first-order valence-corrected chi connectivity index (χ1v) is 35.9. The Bertz CT molecular complexity index is 6750. The summed E-state index contributed by atoms with van der Waals surface area (Å²) in [6.45, 7) is 0. The van der Waals surface area contributed by atoms with Crippen molar-refractivity contribution in [3.05, 3.63) is 340 Å². The third kappa shape index (κ3) is 10.3. The molecule has 8 heteroatoms. The molecule has 0 amide bonds. The van der Waals surface area contributed by atoms with E-state index in [4.69, 9.17) is 29.9 Å². The highest BCUT2D eigenvalue weighted by molar-refractivity contribution is 7.26. The normalized spacial score (nSPS) is 11.7. The number of benzene rings is 16. The maximum absolute atomic E-state index is 5.70. The number of thiophene rings is 2. The molecule has 6 nitrogen and oxygen atoms in total. The van der Waals surface area contributed by atoms with Crippen molar-refractivity contribution in [2.24, 2.45) is 0 Å². The third-order valence-corrected chi connectivity index (χ3v) is 22.4. The fourth-order valence-electron chi connectivity index (χ4n) is 15.0. The van der Waals surface area contributed by atoms with Gasteiger partial charge in [-0.25, -0.2) is 29.9 Å². The second kappa shape index (κ2) is 24.5. The van der Waals surface area contributed by atoms with Gasteiger partial charge in [-0.15, -0.1) is 22.7 Å². The summed E-state index contributed by atoms with van der Waals surface area (Å²) in [5.74, 6) is 3.65. The topological polar surface area (TPSA) is 77.3 Å². The van der Waals surface area contributed by atoms with Gasteiger partial charge in [0.1, 0.15) is 0 Å². The summed E-state index contributed by atoms with van der Waals surface area (Å²) in [5, 5.41) is 13.9. The van der Waals surface area contributed by atoms with E-state index in [1.807, 2.05) is 6.07 Å². The van der Waals surface area contributed by atoms with Crippen molar-refractivity contribution in [2.75, 3.05) is 0 Å². The quantitative estimate of drug-likeness (QED) is 0.120. The van der Waals surface area contributed by atoms with Crippen molar-refractivity contribution in [3.8, 4) is 124 Å². The van der Waals surface area contributed by atoms with Crippen LogP contribution < -0.4 is 0 Å². The van der Waals surface area contributed by atoms with Crippen LogP contribution in [0.1, 0.15) is 0 Å². The Morgan fingerprint density at radius 2 is 0.598 bits per heavy atom. The van der Waals surface area contributed by atoms with Crippen LogP contribution in [0, 0.1) is 0 Å². The molecular formula is C94H56N6S2. The lowest BCUT2D eigenvalue weighted by atomic mass is 9.88. The predicted molar refractivity (Wildman–Crippen MR) is 429 cm³/mol. The van der Waals surface area contributed by atoms with E-state index in [1.54, 1.807) is 22.7 Å². The first-order valence-electron chi connectivity index (χ1n) is 34.3. The van der Waals surface area contributed by atoms with Crippen LogP contribution in [-0.2, 0) is 0 Å². The van der Waals surface area contributed by atoms with Gasteiger partial charge in [0.2, 0.25) is 0 Å². The minimum Gasteiger partial charge on any atom is -0.208 e. The molecule has 0 atom stereocenters. The zero-order valence-corrected chi connectivity index (χ0v) is 56.5. The second-order valence-corrected chi connectivity index (χ2v) is 28.1. The van der Waals surface area contributed by atoms with Crippen LogP contribution in [0.5, 0.6) is 0 Å². The van der Waals surface area contributed by atoms with Crippen LogP contribution in [0.25, 0.3) is 207 Å². The Hall–Kier alpha value is -13.0. The van der Waals surface area contributed by atoms with E-state index in [2.05, 4.69) is 334 Å². The second-order valence-electron chi connectivity index (χ2n) is 26.0. The fourth-order valence-corrected chi connectivity index (χ4v) is 17.4.